The zero-order valence-electron chi connectivity index (χ0n) is 9.14. The molecule has 0 saturated carbocycles. The van der Waals surface area contributed by atoms with Crippen molar-refractivity contribution < 1.29 is 4.74 Å². The maximum absolute atomic E-state index is 5.80. The lowest BCUT2D eigenvalue weighted by Crippen LogP contribution is -2.05. The highest BCUT2D eigenvalue weighted by Gasteiger charge is 2.03. The number of nitrogens with two attached hydrogens (primary N) is 1. The van der Waals surface area contributed by atoms with Gasteiger partial charge in [-0.15, -0.1) is 5.10 Å². The van der Waals surface area contributed by atoms with Crippen molar-refractivity contribution in [2.24, 2.45) is 5.73 Å². The van der Waals surface area contributed by atoms with Crippen molar-refractivity contribution >= 4 is 11.6 Å². The molecule has 2 N–H and O–H groups in total. The zero-order valence-corrected chi connectivity index (χ0v) is 9.89. The van der Waals surface area contributed by atoms with Gasteiger partial charge in [0.1, 0.15) is 6.61 Å². The summed E-state index contributed by atoms with van der Waals surface area (Å²) in [5, 5.41) is 8.38. The highest BCUT2D eigenvalue weighted by molar-refractivity contribution is 6.30. The minimum atomic E-state index is 0.380. The van der Waals surface area contributed by atoms with Gasteiger partial charge in [-0.05, 0) is 23.8 Å². The molecule has 0 radical (unpaired) electrons. The fourth-order valence-corrected chi connectivity index (χ4v) is 1.48. The lowest BCUT2D eigenvalue weighted by atomic mass is 10.2. The quantitative estimate of drug-likeness (QED) is 0.902. The molecule has 0 spiro atoms. The molecule has 1 aromatic heterocycles. The zero-order chi connectivity index (χ0) is 12.1. The van der Waals surface area contributed by atoms with E-state index in [0.717, 1.165) is 11.1 Å². The highest BCUT2D eigenvalue weighted by Crippen LogP contribution is 2.15. The Bertz CT molecular complexity index is 487. The van der Waals surface area contributed by atoms with Crippen molar-refractivity contribution in [1.29, 1.82) is 0 Å². The van der Waals surface area contributed by atoms with Gasteiger partial charge in [-0.1, -0.05) is 23.7 Å². The predicted molar refractivity (Wildman–Crippen MR) is 65.7 cm³/mol. The summed E-state index contributed by atoms with van der Waals surface area (Å²) in [6.07, 6.45) is 1.59. The Kier molecular flexibility index (Phi) is 3.90. The summed E-state index contributed by atoms with van der Waals surface area (Å²) in [5.74, 6) is 0.477. The van der Waals surface area contributed by atoms with Crippen LogP contribution in [0.25, 0.3) is 0 Å². The van der Waals surface area contributed by atoms with E-state index < -0.39 is 0 Å². The molecule has 4 nitrogen and oxygen atoms in total. The summed E-state index contributed by atoms with van der Waals surface area (Å²) in [7, 11) is 0. The second kappa shape index (κ2) is 5.61. The molecule has 0 fully saturated rings. The number of nitrogens with zero attached hydrogens (tertiary/aromatic N) is 2. The van der Waals surface area contributed by atoms with E-state index in [2.05, 4.69) is 10.2 Å². The molecule has 1 heterocycles. The van der Waals surface area contributed by atoms with Crippen LogP contribution in [0.3, 0.4) is 0 Å². The summed E-state index contributed by atoms with van der Waals surface area (Å²) in [4.78, 5) is 0. The molecule has 17 heavy (non-hydrogen) atoms. The lowest BCUT2D eigenvalue weighted by Gasteiger charge is -2.07. The maximum Gasteiger partial charge on any atom is 0.238 e. The van der Waals surface area contributed by atoms with Crippen LogP contribution in [0.15, 0.2) is 36.5 Å². The van der Waals surface area contributed by atoms with Gasteiger partial charge in [0.25, 0.3) is 0 Å². The fraction of sp³-hybridized carbons (Fsp3) is 0.167. The Balaban J connectivity index is 2.04. The number of hydrogen-bond donors (Lipinski definition) is 1. The molecule has 88 valence electrons. The molecule has 0 amide bonds. The van der Waals surface area contributed by atoms with Crippen molar-refractivity contribution in [3.05, 3.63) is 52.7 Å². The first-order valence-corrected chi connectivity index (χ1v) is 5.55. The van der Waals surface area contributed by atoms with Crippen molar-refractivity contribution in [3.8, 4) is 5.88 Å². The van der Waals surface area contributed by atoms with Gasteiger partial charge in [0.05, 0.1) is 6.20 Å². The van der Waals surface area contributed by atoms with Gasteiger partial charge in [-0.3, -0.25) is 0 Å². The molecule has 0 bridgehead atoms. The second-order valence-electron chi connectivity index (χ2n) is 3.48. The van der Waals surface area contributed by atoms with E-state index in [1.165, 1.54) is 0 Å². The molecule has 0 unspecified atom stereocenters. The van der Waals surface area contributed by atoms with Gasteiger partial charge in [-0.2, -0.15) is 5.10 Å². The minimum absolute atomic E-state index is 0.380. The van der Waals surface area contributed by atoms with E-state index in [0.29, 0.717) is 24.1 Å². The molecule has 2 aromatic rings. The van der Waals surface area contributed by atoms with Gasteiger partial charge in [-0.25, -0.2) is 0 Å². The van der Waals surface area contributed by atoms with Crippen molar-refractivity contribution in [2.75, 3.05) is 0 Å². The first kappa shape index (κ1) is 11.8. The molecular weight excluding hydrogens is 238 g/mol. The second-order valence-corrected chi connectivity index (χ2v) is 3.92. The number of ether oxygens (including phenoxy) is 1. The van der Waals surface area contributed by atoms with Gasteiger partial charge in [0.15, 0.2) is 0 Å². The van der Waals surface area contributed by atoms with Crippen molar-refractivity contribution in [1.82, 2.24) is 10.2 Å². The maximum atomic E-state index is 5.80. The Morgan fingerprint density at radius 1 is 1.18 bits per heavy atom. The molecule has 0 saturated heterocycles. The van der Waals surface area contributed by atoms with Crippen LogP contribution in [0.2, 0.25) is 5.02 Å². The molecule has 1 aromatic carbocycles. The average molecular weight is 250 g/mol. The van der Waals surface area contributed by atoms with Gasteiger partial charge in [0.2, 0.25) is 5.88 Å². The number of benzene rings is 1. The number of rotatable bonds is 4. The molecule has 2 rings (SSSR count). The number of hydrogen-bond acceptors (Lipinski definition) is 4. The van der Waals surface area contributed by atoms with Crippen LogP contribution in [0.5, 0.6) is 5.88 Å². The Morgan fingerprint density at radius 3 is 2.65 bits per heavy atom. The van der Waals surface area contributed by atoms with Crippen LogP contribution >= 0.6 is 11.6 Å². The van der Waals surface area contributed by atoms with E-state index in [1.807, 2.05) is 24.3 Å². The average Bonchev–Trinajstić information content (AvgIpc) is 2.38. The molecule has 0 aliphatic heterocycles. The van der Waals surface area contributed by atoms with Crippen molar-refractivity contribution in [2.45, 2.75) is 13.2 Å². The fourth-order valence-electron chi connectivity index (χ4n) is 1.35. The first-order chi connectivity index (χ1) is 8.29. The first-order valence-electron chi connectivity index (χ1n) is 5.17. The molecule has 0 atom stereocenters. The third-order valence-electron chi connectivity index (χ3n) is 2.27. The normalized spacial score (nSPS) is 10.2. The summed E-state index contributed by atoms with van der Waals surface area (Å²) in [6.45, 7) is 0.800. The van der Waals surface area contributed by atoms with Crippen LogP contribution in [0.1, 0.15) is 11.1 Å². The summed E-state index contributed by atoms with van der Waals surface area (Å²) in [6, 6.07) is 9.24. The van der Waals surface area contributed by atoms with Crippen molar-refractivity contribution in [3.63, 3.8) is 0 Å². The lowest BCUT2D eigenvalue weighted by molar-refractivity contribution is 0.286. The summed E-state index contributed by atoms with van der Waals surface area (Å²) in [5.41, 5.74) is 7.43. The summed E-state index contributed by atoms with van der Waals surface area (Å²) < 4.78 is 5.56. The van der Waals surface area contributed by atoms with Crippen LogP contribution in [-0.4, -0.2) is 10.2 Å². The monoisotopic (exact) mass is 249 g/mol. The van der Waals surface area contributed by atoms with Gasteiger partial charge >= 0.3 is 0 Å². The van der Waals surface area contributed by atoms with E-state index in [9.17, 15) is 0 Å². The summed E-state index contributed by atoms with van der Waals surface area (Å²) >= 11 is 5.80. The SMILES string of the molecule is NCc1ccnnc1OCc1ccc(Cl)cc1. The predicted octanol–water partition coefficient (Wildman–Crippen LogP) is 2.17. The van der Waals surface area contributed by atoms with E-state index in [-0.39, 0.29) is 0 Å². The van der Waals surface area contributed by atoms with Crippen LogP contribution in [0, 0.1) is 0 Å². The molecule has 0 aliphatic rings. The molecular formula is C12H12ClN3O. The number of aromatic nitrogens is 2. The van der Waals surface area contributed by atoms with Gasteiger partial charge < -0.3 is 10.5 Å². The topological polar surface area (TPSA) is 61.0 Å². The van der Waals surface area contributed by atoms with E-state index in [1.54, 1.807) is 12.3 Å². The Labute approximate surface area is 104 Å². The largest absolute Gasteiger partial charge is 0.471 e. The third kappa shape index (κ3) is 3.15. The minimum Gasteiger partial charge on any atom is -0.471 e. The highest BCUT2D eigenvalue weighted by atomic mass is 35.5. The Hall–Kier alpha value is -1.65. The van der Waals surface area contributed by atoms with Crippen LogP contribution in [0.4, 0.5) is 0 Å². The smallest absolute Gasteiger partial charge is 0.238 e. The van der Waals surface area contributed by atoms with E-state index >= 15 is 0 Å². The Morgan fingerprint density at radius 2 is 1.94 bits per heavy atom. The molecule has 0 aliphatic carbocycles. The van der Waals surface area contributed by atoms with Crippen LogP contribution in [-0.2, 0) is 13.2 Å². The third-order valence-corrected chi connectivity index (χ3v) is 2.53. The van der Waals surface area contributed by atoms with E-state index in [4.69, 9.17) is 22.1 Å². The number of halogens is 1. The molecule has 5 heteroatoms. The van der Waals surface area contributed by atoms with Gasteiger partial charge in [0, 0.05) is 17.1 Å². The van der Waals surface area contributed by atoms with Crippen LogP contribution < -0.4 is 10.5 Å². The standard InChI is InChI=1S/C12H12ClN3O/c13-11-3-1-9(2-4-11)8-17-12-10(7-14)5-6-15-16-12/h1-6H,7-8,14H2.